The third-order valence-electron chi connectivity index (χ3n) is 2.03. The van der Waals surface area contributed by atoms with Crippen LogP contribution in [0.4, 0.5) is 0 Å². The first-order chi connectivity index (χ1) is 8.20. The highest BCUT2D eigenvalue weighted by atomic mass is 35.5. The first kappa shape index (κ1) is 13.5. The number of rotatable bonds is 2. The Morgan fingerprint density at radius 3 is 2.59 bits per heavy atom. The van der Waals surface area contributed by atoms with Crippen molar-refractivity contribution in [1.29, 1.82) is 0 Å². The maximum atomic E-state index is 5.92. The third-order valence-corrected chi connectivity index (χ3v) is 2.40. The van der Waals surface area contributed by atoms with E-state index in [0.717, 1.165) is 11.4 Å². The Morgan fingerprint density at radius 1 is 1.35 bits per heavy atom. The number of halogens is 1. The molecule has 2 aromatic heterocycles. The zero-order valence-electron chi connectivity index (χ0n) is 10.4. The molecule has 0 unspecified atom stereocenters. The first-order valence-electron chi connectivity index (χ1n) is 5.43. The van der Waals surface area contributed by atoms with E-state index in [1.165, 1.54) is 0 Å². The fourth-order valence-corrected chi connectivity index (χ4v) is 1.35. The number of hydrogen-bond donors (Lipinski definition) is 0. The van der Waals surface area contributed by atoms with Crippen molar-refractivity contribution in [3.8, 4) is 11.6 Å². The highest BCUT2D eigenvalue weighted by molar-refractivity contribution is 6.31. The van der Waals surface area contributed by atoms with Gasteiger partial charge in [-0.3, -0.25) is 0 Å². The van der Waals surface area contributed by atoms with Crippen molar-refractivity contribution < 1.29 is 4.74 Å². The summed E-state index contributed by atoms with van der Waals surface area (Å²) in [6.45, 7) is 5.86. The van der Waals surface area contributed by atoms with Gasteiger partial charge >= 0.3 is 0 Å². The van der Waals surface area contributed by atoms with Gasteiger partial charge in [0.05, 0.1) is 23.5 Å². The predicted molar refractivity (Wildman–Crippen MR) is 69.0 cm³/mol. The lowest BCUT2D eigenvalue weighted by molar-refractivity contribution is 0.397. The Morgan fingerprint density at radius 2 is 2.06 bits per heavy atom. The first-order valence-corrected chi connectivity index (χ1v) is 5.80. The van der Waals surface area contributed by atoms with Crippen LogP contribution in [-0.4, -0.2) is 21.9 Å². The van der Waals surface area contributed by atoms with Crippen LogP contribution in [0.2, 0.25) is 5.02 Å². The van der Waals surface area contributed by atoms with Gasteiger partial charge in [0.15, 0.2) is 0 Å². The minimum absolute atomic E-state index is 0.553. The molecule has 2 aromatic rings. The number of pyridine rings is 1. The molecule has 2 heterocycles. The Kier molecular flexibility index (Phi) is 4.97. The molecule has 4 nitrogen and oxygen atoms in total. The van der Waals surface area contributed by atoms with Gasteiger partial charge in [-0.05, 0) is 13.0 Å². The van der Waals surface area contributed by atoms with Crippen LogP contribution in [0.15, 0.2) is 24.5 Å². The van der Waals surface area contributed by atoms with E-state index in [2.05, 4.69) is 10.1 Å². The second kappa shape index (κ2) is 6.25. The van der Waals surface area contributed by atoms with E-state index in [-0.39, 0.29) is 0 Å². The van der Waals surface area contributed by atoms with Crippen molar-refractivity contribution in [1.82, 2.24) is 14.8 Å². The highest BCUT2D eigenvalue weighted by Crippen LogP contribution is 2.17. The molecule has 0 saturated carbocycles. The number of aryl methyl sites for hydroxylation is 1. The van der Waals surface area contributed by atoms with Gasteiger partial charge in [0, 0.05) is 18.5 Å². The van der Waals surface area contributed by atoms with Gasteiger partial charge in [-0.1, -0.05) is 25.4 Å². The fourth-order valence-electron chi connectivity index (χ4n) is 1.22. The largest absolute Gasteiger partial charge is 0.481 e. The molecule has 0 bridgehead atoms. The molecule has 0 aliphatic rings. The van der Waals surface area contributed by atoms with Crippen molar-refractivity contribution >= 4 is 11.6 Å². The molecule has 0 saturated heterocycles. The summed E-state index contributed by atoms with van der Waals surface area (Å²) in [5.74, 6) is 0.553. The molecule has 17 heavy (non-hydrogen) atoms. The maximum Gasteiger partial charge on any atom is 0.215 e. The maximum absolute atomic E-state index is 5.92. The van der Waals surface area contributed by atoms with Crippen LogP contribution in [0.1, 0.15) is 19.5 Å². The summed E-state index contributed by atoms with van der Waals surface area (Å²) in [5.41, 5.74) is 1.67. The molecule has 5 heteroatoms. The lowest BCUT2D eigenvalue weighted by Crippen LogP contribution is -1.96. The van der Waals surface area contributed by atoms with E-state index < -0.39 is 0 Å². The average Bonchev–Trinajstić information content (AvgIpc) is 2.72. The van der Waals surface area contributed by atoms with Gasteiger partial charge < -0.3 is 4.74 Å². The molecule has 92 valence electrons. The molecule has 0 radical (unpaired) electrons. The Balaban J connectivity index is 0.000000686. The lowest BCUT2D eigenvalue weighted by Gasteiger charge is -2.02. The van der Waals surface area contributed by atoms with Crippen molar-refractivity contribution in [3.05, 3.63) is 35.2 Å². The SMILES string of the molecule is CC.COc1cc(-n2cc(Cl)c(C)n2)ccn1. The minimum atomic E-state index is 0.553. The van der Waals surface area contributed by atoms with E-state index in [9.17, 15) is 0 Å². The van der Waals surface area contributed by atoms with Gasteiger partial charge in [0.25, 0.3) is 0 Å². The predicted octanol–water partition coefficient (Wildman–Crippen LogP) is 3.26. The molecule has 0 aromatic carbocycles. The summed E-state index contributed by atoms with van der Waals surface area (Å²) >= 11 is 5.92. The summed E-state index contributed by atoms with van der Waals surface area (Å²) in [6, 6.07) is 3.63. The normalized spacial score (nSPS) is 9.47. The molecule has 0 aliphatic heterocycles. The number of methoxy groups -OCH3 is 1. The average molecular weight is 254 g/mol. The zero-order chi connectivity index (χ0) is 12.8. The summed E-state index contributed by atoms with van der Waals surface area (Å²) in [6.07, 6.45) is 3.42. The van der Waals surface area contributed by atoms with E-state index in [0.29, 0.717) is 10.9 Å². The van der Waals surface area contributed by atoms with Crippen molar-refractivity contribution in [2.45, 2.75) is 20.8 Å². The molecule has 0 amide bonds. The van der Waals surface area contributed by atoms with Crippen LogP contribution in [0.25, 0.3) is 5.69 Å². The van der Waals surface area contributed by atoms with Crippen LogP contribution < -0.4 is 4.74 Å². The molecule has 0 spiro atoms. The van der Waals surface area contributed by atoms with Crippen LogP contribution in [-0.2, 0) is 0 Å². The number of hydrogen-bond acceptors (Lipinski definition) is 3. The number of nitrogens with zero attached hydrogens (tertiary/aromatic N) is 3. The van der Waals surface area contributed by atoms with Crippen molar-refractivity contribution in [3.63, 3.8) is 0 Å². The molecular weight excluding hydrogens is 238 g/mol. The third kappa shape index (κ3) is 3.20. The van der Waals surface area contributed by atoms with E-state index >= 15 is 0 Å². The van der Waals surface area contributed by atoms with E-state index in [1.54, 1.807) is 30.3 Å². The summed E-state index contributed by atoms with van der Waals surface area (Å²) < 4.78 is 6.72. The van der Waals surface area contributed by atoms with E-state index in [4.69, 9.17) is 16.3 Å². The van der Waals surface area contributed by atoms with Crippen LogP contribution in [0, 0.1) is 6.92 Å². The van der Waals surface area contributed by atoms with Crippen LogP contribution in [0.3, 0.4) is 0 Å². The molecule has 0 aliphatic carbocycles. The van der Waals surface area contributed by atoms with Gasteiger partial charge in [-0.2, -0.15) is 5.10 Å². The van der Waals surface area contributed by atoms with Crippen LogP contribution in [0.5, 0.6) is 5.88 Å². The van der Waals surface area contributed by atoms with Gasteiger partial charge in [0.2, 0.25) is 5.88 Å². The van der Waals surface area contributed by atoms with Crippen molar-refractivity contribution in [2.24, 2.45) is 0 Å². The number of aromatic nitrogens is 3. The van der Waals surface area contributed by atoms with Gasteiger partial charge in [-0.25, -0.2) is 9.67 Å². The summed E-state index contributed by atoms with van der Waals surface area (Å²) in [5, 5.41) is 4.90. The van der Waals surface area contributed by atoms with E-state index in [1.807, 2.05) is 26.8 Å². The Labute approximate surface area is 106 Å². The topological polar surface area (TPSA) is 39.9 Å². The Hall–Kier alpha value is -1.55. The molecule has 2 rings (SSSR count). The molecular formula is C12H16ClN3O. The van der Waals surface area contributed by atoms with Gasteiger partial charge in [-0.15, -0.1) is 0 Å². The second-order valence-corrected chi connectivity index (χ2v) is 3.47. The minimum Gasteiger partial charge on any atom is -0.481 e. The molecule has 0 fully saturated rings. The number of ether oxygens (including phenoxy) is 1. The quantitative estimate of drug-likeness (QED) is 0.825. The summed E-state index contributed by atoms with van der Waals surface area (Å²) in [7, 11) is 1.58. The standard InChI is InChI=1S/C10H10ClN3O.C2H6/c1-7-9(11)6-14(13-7)8-3-4-12-10(5-8)15-2;1-2/h3-6H,1-2H3;1-2H3. The fraction of sp³-hybridized carbons (Fsp3) is 0.333. The van der Waals surface area contributed by atoms with Gasteiger partial charge in [0.1, 0.15) is 0 Å². The monoisotopic (exact) mass is 253 g/mol. The molecule has 0 N–H and O–H groups in total. The van der Waals surface area contributed by atoms with Crippen LogP contribution >= 0.6 is 11.6 Å². The molecule has 0 atom stereocenters. The Bertz CT molecular complexity index is 463. The lowest BCUT2D eigenvalue weighted by atomic mass is 10.4. The smallest absolute Gasteiger partial charge is 0.215 e. The summed E-state index contributed by atoms with van der Waals surface area (Å²) in [4.78, 5) is 4.02. The second-order valence-electron chi connectivity index (χ2n) is 3.06. The van der Waals surface area contributed by atoms with Crippen molar-refractivity contribution in [2.75, 3.05) is 7.11 Å². The zero-order valence-corrected chi connectivity index (χ0v) is 11.2. The highest BCUT2D eigenvalue weighted by Gasteiger charge is 2.04.